The van der Waals surface area contributed by atoms with Gasteiger partial charge >= 0.3 is 0 Å². The lowest BCUT2D eigenvalue weighted by atomic mass is 10.1. The monoisotopic (exact) mass is 236 g/mol. The SMILES string of the molecule is Cc1sc(CCN)nc1-c1cccc(F)c1. The molecule has 2 N–H and O–H groups in total. The Balaban J connectivity index is 2.40. The fourth-order valence-corrected chi connectivity index (χ4v) is 2.56. The highest BCUT2D eigenvalue weighted by atomic mass is 32.1. The second kappa shape index (κ2) is 4.72. The van der Waals surface area contributed by atoms with Gasteiger partial charge in [0.25, 0.3) is 0 Å². The van der Waals surface area contributed by atoms with Crippen LogP contribution in [0.5, 0.6) is 0 Å². The van der Waals surface area contributed by atoms with Gasteiger partial charge < -0.3 is 5.73 Å². The first-order chi connectivity index (χ1) is 7.70. The Morgan fingerprint density at radius 2 is 2.25 bits per heavy atom. The zero-order valence-electron chi connectivity index (χ0n) is 9.03. The van der Waals surface area contributed by atoms with Gasteiger partial charge in [-0.25, -0.2) is 9.37 Å². The minimum Gasteiger partial charge on any atom is -0.330 e. The van der Waals surface area contributed by atoms with Crippen LogP contribution in [0.3, 0.4) is 0 Å². The lowest BCUT2D eigenvalue weighted by molar-refractivity contribution is 0.628. The number of aryl methyl sites for hydroxylation is 1. The number of hydrogen-bond donors (Lipinski definition) is 1. The van der Waals surface area contributed by atoms with Gasteiger partial charge in [-0.05, 0) is 25.6 Å². The number of aromatic nitrogens is 1. The maximum absolute atomic E-state index is 13.1. The average molecular weight is 236 g/mol. The smallest absolute Gasteiger partial charge is 0.123 e. The van der Waals surface area contributed by atoms with Crippen LogP contribution in [0.1, 0.15) is 9.88 Å². The summed E-state index contributed by atoms with van der Waals surface area (Å²) in [5.74, 6) is -0.231. The molecule has 2 rings (SSSR count). The Hall–Kier alpha value is -1.26. The van der Waals surface area contributed by atoms with E-state index in [-0.39, 0.29) is 5.82 Å². The van der Waals surface area contributed by atoms with E-state index < -0.39 is 0 Å². The van der Waals surface area contributed by atoms with E-state index in [1.54, 1.807) is 17.4 Å². The molecule has 0 fully saturated rings. The molecule has 0 spiro atoms. The highest BCUT2D eigenvalue weighted by Crippen LogP contribution is 2.27. The van der Waals surface area contributed by atoms with Crippen molar-refractivity contribution >= 4 is 11.3 Å². The summed E-state index contributed by atoms with van der Waals surface area (Å²) >= 11 is 1.63. The maximum Gasteiger partial charge on any atom is 0.123 e. The Bertz CT molecular complexity index is 494. The van der Waals surface area contributed by atoms with Crippen molar-refractivity contribution in [1.29, 1.82) is 0 Å². The zero-order valence-corrected chi connectivity index (χ0v) is 9.85. The van der Waals surface area contributed by atoms with E-state index in [2.05, 4.69) is 4.98 Å². The van der Waals surface area contributed by atoms with Crippen molar-refractivity contribution in [2.24, 2.45) is 5.73 Å². The van der Waals surface area contributed by atoms with E-state index in [1.807, 2.05) is 13.0 Å². The predicted octanol–water partition coefficient (Wildman–Crippen LogP) is 2.76. The molecule has 0 aliphatic heterocycles. The minimum atomic E-state index is -0.231. The van der Waals surface area contributed by atoms with Crippen molar-refractivity contribution in [2.45, 2.75) is 13.3 Å². The second-order valence-electron chi connectivity index (χ2n) is 3.56. The molecule has 2 nitrogen and oxygen atoms in total. The summed E-state index contributed by atoms with van der Waals surface area (Å²) in [6.07, 6.45) is 0.779. The van der Waals surface area contributed by atoms with Gasteiger partial charge in [0, 0.05) is 16.9 Å². The van der Waals surface area contributed by atoms with Gasteiger partial charge in [-0.3, -0.25) is 0 Å². The number of nitrogens with zero attached hydrogens (tertiary/aromatic N) is 1. The topological polar surface area (TPSA) is 38.9 Å². The normalized spacial score (nSPS) is 10.7. The molecule has 1 heterocycles. The van der Waals surface area contributed by atoms with Crippen LogP contribution >= 0.6 is 11.3 Å². The van der Waals surface area contributed by atoms with Crippen molar-refractivity contribution in [2.75, 3.05) is 6.54 Å². The fourth-order valence-electron chi connectivity index (χ4n) is 1.59. The van der Waals surface area contributed by atoms with Crippen molar-refractivity contribution in [3.8, 4) is 11.3 Å². The third-order valence-electron chi connectivity index (χ3n) is 2.30. The van der Waals surface area contributed by atoms with Gasteiger partial charge in [0.05, 0.1) is 10.7 Å². The van der Waals surface area contributed by atoms with Crippen LogP contribution in [0, 0.1) is 12.7 Å². The molecule has 0 atom stereocenters. The van der Waals surface area contributed by atoms with Crippen molar-refractivity contribution < 1.29 is 4.39 Å². The fraction of sp³-hybridized carbons (Fsp3) is 0.250. The Kier molecular flexibility index (Phi) is 3.31. The molecule has 0 saturated carbocycles. The third-order valence-corrected chi connectivity index (χ3v) is 3.33. The summed E-state index contributed by atoms with van der Waals surface area (Å²) in [5, 5.41) is 1.01. The van der Waals surface area contributed by atoms with Crippen LogP contribution in [0.2, 0.25) is 0 Å². The van der Waals surface area contributed by atoms with Gasteiger partial charge in [0.15, 0.2) is 0 Å². The first kappa shape index (κ1) is 11.2. The molecular formula is C12H13FN2S. The number of benzene rings is 1. The molecule has 1 aromatic carbocycles. The molecule has 0 aliphatic carbocycles. The maximum atomic E-state index is 13.1. The summed E-state index contributed by atoms with van der Waals surface area (Å²) in [7, 11) is 0. The number of nitrogens with two attached hydrogens (primary N) is 1. The Morgan fingerprint density at radius 1 is 1.44 bits per heavy atom. The first-order valence-electron chi connectivity index (χ1n) is 5.13. The average Bonchev–Trinajstić information content (AvgIpc) is 2.60. The molecule has 1 aromatic heterocycles. The van der Waals surface area contributed by atoms with E-state index >= 15 is 0 Å². The van der Waals surface area contributed by atoms with Gasteiger partial charge in [0.2, 0.25) is 0 Å². The molecule has 0 radical (unpaired) electrons. The largest absolute Gasteiger partial charge is 0.330 e. The zero-order chi connectivity index (χ0) is 11.5. The Morgan fingerprint density at radius 3 is 2.94 bits per heavy atom. The summed E-state index contributed by atoms with van der Waals surface area (Å²) in [4.78, 5) is 5.59. The summed E-state index contributed by atoms with van der Waals surface area (Å²) < 4.78 is 13.1. The molecule has 4 heteroatoms. The van der Waals surface area contributed by atoms with Crippen LogP contribution in [0.25, 0.3) is 11.3 Å². The lowest BCUT2D eigenvalue weighted by Gasteiger charge is -1.98. The molecular weight excluding hydrogens is 223 g/mol. The van der Waals surface area contributed by atoms with Gasteiger partial charge in [-0.1, -0.05) is 12.1 Å². The molecule has 2 aromatic rings. The number of thiazole rings is 1. The van der Waals surface area contributed by atoms with Gasteiger partial charge in [-0.2, -0.15) is 0 Å². The Labute approximate surface area is 97.9 Å². The molecule has 0 unspecified atom stereocenters. The van der Waals surface area contributed by atoms with Crippen LogP contribution in [0.15, 0.2) is 24.3 Å². The standard InChI is InChI=1S/C12H13FN2S/c1-8-12(15-11(16-8)5-6-14)9-3-2-4-10(13)7-9/h2-4,7H,5-6,14H2,1H3. The number of hydrogen-bond acceptors (Lipinski definition) is 3. The predicted molar refractivity (Wildman–Crippen MR) is 65.0 cm³/mol. The highest BCUT2D eigenvalue weighted by molar-refractivity contribution is 7.12. The van der Waals surface area contributed by atoms with E-state index in [0.717, 1.165) is 27.6 Å². The van der Waals surface area contributed by atoms with Gasteiger partial charge in [0.1, 0.15) is 5.82 Å². The van der Waals surface area contributed by atoms with Crippen LogP contribution in [-0.2, 0) is 6.42 Å². The van der Waals surface area contributed by atoms with Crippen molar-refractivity contribution in [3.05, 3.63) is 40.0 Å². The minimum absolute atomic E-state index is 0.231. The van der Waals surface area contributed by atoms with E-state index in [4.69, 9.17) is 5.73 Å². The number of halogens is 1. The third kappa shape index (κ3) is 2.28. The summed E-state index contributed by atoms with van der Waals surface area (Å²) in [5.41, 5.74) is 7.19. The van der Waals surface area contributed by atoms with Crippen LogP contribution in [-0.4, -0.2) is 11.5 Å². The van der Waals surface area contributed by atoms with Gasteiger partial charge in [-0.15, -0.1) is 11.3 Å². The summed E-state index contributed by atoms with van der Waals surface area (Å²) in [6, 6.07) is 6.52. The van der Waals surface area contributed by atoms with Crippen LogP contribution in [0.4, 0.5) is 4.39 Å². The van der Waals surface area contributed by atoms with Crippen molar-refractivity contribution in [1.82, 2.24) is 4.98 Å². The molecule has 84 valence electrons. The van der Waals surface area contributed by atoms with Crippen LogP contribution < -0.4 is 5.73 Å². The number of rotatable bonds is 3. The molecule has 16 heavy (non-hydrogen) atoms. The van der Waals surface area contributed by atoms with Crippen molar-refractivity contribution in [3.63, 3.8) is 0 Å². The molecule has 0 aliphatic rings. The highest BCUT2D eigenvalue weighted by Gasteiger charge is 2.09. The molecule has 0 bridgehead atoms. The van der Waals surface area contributed by atoms with E-state index in [0.29, 0.717) is 6.54 Å². The quantitative estimate of drug-likeness (QED) is 0.890. The second-order valence-corrected chi connectivity index (χ2v) is 4.85. The van der Waals surface area contributed by atoms with E-state index in [1.165, 1.54) is 12.1 Å². The first-order valence-corrected chi connectivity index (χ1v) is 5.94. The van der Waals surface area contributed by atoms with E-state index in [9.17, 15) is 4.39 Å². The molecule has 0 saturated heterocycles. The molecule has 0 amide bonds. The lowest BCUT2D eigenvalue weighted by Crippen LogP contribution is -2.01. The summed E-state index contributed by atoms with van der Waals surface area (Å²) in [6.45, 7) is 2.59.